The van der Waals surface area contributed by atoms with Gasteiger partial charge in [0.1, 0.15) is 0 Å². The highest BCUT2D eigenvalue weighted by Gasteiger charge is 2.18. The molecule has 3 rings (SSSR count). The van der Waals surface area contributed by atoms with E-state index < -0.39 is 0 Å². The number of nitrogens with zero attached hydrogens (tertiary/aromatic N) is 2. The number of anilines is 1. The number of benzene rings is 2. The highest BCUT2D eigenvalue weighted by atomic mass is 16.2. The maximum absolute atomic E-state index is 12.8. The van der Waals surface area contributed by atoms with Crippen LogP contribution in [0.3, 0.4) is 0 Å². The largest absolute Gasteiger partial charge is 0.349 e. The summed E-state index contributed by atoms with van der Waals surface area (Å²) in [6, 6.07) is 16.4. The molecule has 0 saturated carbocycles. The lowest BCUT2D eigenvalue weighted by atomic mass is 10.1. The number of nitrogens with one attached hydrogen (secondary N) is 2. The molecular formula is C21H20N4O2. The summed E-state index contributed by atoms with van der Waals surface area (Å²) in [5, 5.41) is 9.84. The molecule has 0 atom stereocenters. The standard InChI is InChI=1S/C21H20N4O2/c1-3-13-22-20(26)17-11-7-8-12-19(17)24-21(27)18-14-23-25(15(18)2)16-9-5-4-6-10-16/h3-12,14H,1,13H2,2H3,(H,22,26)(H,24,27). The van der Waals surface area contributed by atoms with Gasteiger partial charge in [-0.25, -0.2) is 4.68 Å². The first-order valence-electron chi connectivity index (χ1n) is 8.51. The Balaban J connectivity index is 1.84. The smallest absolute Gasteiger partial charge is 0.259 e. The number of hydrogen-bond acceptors (Lipinski definition) is 3. The van der Waals surface area contributed by atoms with Crippen LogP contribution in [0.1, 0.15) is 26.4 Å². The first-order chi connectivity index (χ1) is 13.1. The van der Waals surface area contributed by atoms with Gasteiger partial charge in [0.25, 0.3) is 11.8 Å². The Labute approximate surface area is 157 Å². The predicted molar refractivity (Wildman–Crippen MR) is 105 cm³/mol. The van der Waals surface area contributed by atoms with Gasteiger partial charge in [-0.05, 0) is 31.2 Å². The molecule has 0 bridgehead atoms. The number of carbonyl (C=O) groups is 2. The van der Waals surface area contributed by atoms with E-state index in [0.717, 1.165) is 5.69 Å². The molecule has 0 radical (unpaired) electrons. The molecule has 27 heavy (non-hydrogen) atoms. The molecular weight excluding hydrogens is 340 g/mol. The van der Waals surface area contributed by atoms with Crippen molar-refractivity contribution in [2.75, 3.05) is 11.9 Å². The zero-order chi connectivity index (χ0) is 19.2. The topological polar surface area (TPSA) is 76.0 Å². The molecule has 0 aliphatic heterocycles. The van der Waals surface area contributed by atoms with Gasteiger partial charge in [0.05, 0.1) is 34.4 Å². The van der Waals surface area contributed by atoms with E-state index in [9.17, 15) is 9.59 Å². The van der Waals surface area contributed by atoms with Crippen LogP contribution in [0, 0.1) is 6.92 Å². The third-order valence-corrected chi connectivity index (χ3v) is 4.08. The fourth-order valence-electron chi connectivity index (χ4n) is 2.70. The minimum atomic E-state index is -0.321. The lowest BCUT2D eigenvalue weighted by Gasteiger charge is -2.11. The van der Waals surface area contributed by atoms with Crippen molar-refractivity contribution < 1.29 is 9.59 Å². The molecule has 0 fully saturated rings. The van der Waals surface area contributed by atoms with Gasteiger partial charge in [-0.3, -0.25) is 9.59 Å². The molecule has 0 aliphatic carbocycles. The second-order valence-corrected chi connectivity index (χ2v) is 5.89. The van der Waals surface area contributed by atoms with Crippen molar-refractivity contribution in [1.29, 1.82) is 0 Å². The normalized spacial score (nSPS) is 10.3. The summed E-state index contributed by atoms with van der Waals surface area (Å²) in [6.45, 7) is 5.76. The summed E-state index contributed by atoms with van der Waals surface area (Å²) in [6.07, 6.45) is 3.12. The molecule has 0 aliphatic rings. The Morgan fingerprint density at radius 1 is 1.04 bits per heavy atom. The van der Waals surface area contributed by atoms with Crippen LogP contribution >= 0.6 is 0 Å². The monoisotopic (exact) mass is 360 g/mol. The maximum atomic E-state index is 12.8. The molecule has 2 N–H and O–H groups in total. The van der Waals surface area contributed by atoms with E-state index in [1.165, 1.54) is 6.20 Å². The van der Waals surface area contributed by atoms with E-state index in [1.54, 1.807) is 35.0 Å². The van der Waals surface area contributed by atoms with Crippen molar-refractivity contribution in [2.45, 2.75) is 6.92 Å². The molecule has 1 aromatic heterocycles. The SMILES string of the molecule is C=CCNC(=O)c1ccccc1NC(=O)c1cnn(-c2ccccc2)c1C. The highest BCUT2D eigenvalue weighted by molar-refractivity contribution is 6.09. The Bertz CT molecular complexity index is 977. The number of aromatic nitrogens is 2. The number of amides is 2. The van der Waals surface area contributed by atoms with Crippen molar-refractivity contribution in [3.63, 3.8) is 0 Å². The molecule has 3 aromatic rings. The lowest BCUT2D eigenvalue weighted by molar-refractivity contribution is 0.0959. The molecule has 0 unspecified atom stereocenters. The van der Waals surface area contributed by atoms with Gasteiger partial charge in [0, 0.05) is 6.54 Å². The number of para-hydroxylation sites is 2. The molecule has 2 amide bonds. The minimum absolute atomic E-state index is 0.275. The summed E-state index contributed by atoms with van der Waals surface area (Å²) >= 11 is 0. The first kappa shape index (κ1) is 18.1. The lowest BCUT2D eigenvalue weighted by Crippen LogP contribution is -2.25. The zero-order valence-corrected chi connectivity index (χ0v) is 15.0. The maximum Gasteiger partial charge on any atom is 0.259 e. The van der Waals surface area contributed by atoms with Gasteiger partial charge in [-0.15, -0.1) is 6.58 Å². The van der Waals surface area contributed by atoms with Crippen molar-refractivity contribution in [1.82, 2.24) is 15.1 Å². The van der Waals surface area contributed by atoms with E-state index >= 15 is 0 Å². The average Bonchev–Trinajstić information content (AvgIpc) is 3.08. The van der Waals surface area contributed by atoms with Crippen LogP contribution in [-0.2, 0) is 0 Å². The zero-order valence-electron chi connectivity index (χ0n) is 15.0. The van der Waals surface area contributed by atoms with Crippen molar-refractivity contribution >= 4 is 17.5 Å². The first-order valence-corrected chi connectivity index (χ1v) is 8.51. The van der Waals surface area contributed by atoms with Crippen LogP contribution in [0.25, 0.3) is 5.69 Å². The minimum Gasteiger partial charge on any atom is -0.349 e. The van der Waals surface area contributed by atoms with Crippen molar-refractivity contribution in [3.8, 4) is 5.69 Å². The predicted octanol–water partition coefficient (Wildman–Crippen LogP) is 3.35. The summed E-state index contributed by atoms with van der Waals surface area (Å²) in [7, 11) is 0. The molecule has 0 saturated heterocycles. The quantitative estimate of drug-likeness (QED) is 0.662. The third kappa shape index (κ3) is 3.95. The van der Waals surface area contributed by atoms with E-state index in [-0.39, 0.29) is 11.8 Å². The van der Waals surface area contributed by atoms with Crippen LogP contribution in [0.2, 0.25) is 0 Å². The van der Waals surface area contributed by atoms with Crippen LogP contribution in [-0.4, -0.2) is 28.1 Å². The fourth-order valence-corrected chi connectivity index (χ4v) is 2.70. The molecule has 2 aromatic carbocycles. The van der Waals surface area contributed by atoms with Crippen LogP contribution in [0.15, 0.2) is 73.4 Å². The van der Waals surface area contributed by atoms with Gasteiger partial charge >= 0.3 is 0 Å². The second-order valence-electron chi connectivity index (χ2n) is 5.89. The number of hydrogen-bond donors (Lipinski definition) is 2. The molecule has 136 valence electrons. The van der Waals surface area contributed by atoms with E-state index in [4.69, 9.17) is 0 Å². The van der Waals surface area contributed by atoms with Crippen LogP contribution < -0.4 is 10.6 Å². The van der Waals surface area contributed by atoms with Gasteiger partial charge in [-0.2, -0.15) is 5.10 Å². The average molecular weight is 360 g/mol. The van der Waals surface area contributed by atoms with Gasteiger partial charge in [0.2, 0.25) is 0 Å². The van der Waals surface area contributed by atoms with Crippen molar-refractivity contribution in [2.24, 2.45) is 0 Å². The molecule has 0 spiro atoms. The Kier molecular flexibility index (Phi) is 5.47. The summed E-state index contributed by atoms with van der Waals surface area (Å²) in [5.74, 6) is -0.596. The fraction of sp³-hybridized carbons (Fsp3) is 0.0952. The molecule has 1 heterocycles. The van der Waals surface area contributed by atoms with Gasteiger partial charge in [0.15, 0.2) is 0 Å². The van der Waals surface area contributed by atoms with Gasteiger partial charge in [-0.1, -0.05) is 36.4 Å². The Hall–Kier alpha value is -3.67. The Morgan fingerprint density at radius 3 is 2.48 bits per heavy atom. The van der Waals surface area contributed by atoms with Crippen LogP contribution in [0.5, 0.6) is 0 Å². The second kappa shape index (κ2) is 8.14. The van der Waals surface area contributed by atoms with Crippen LogP contribution in [0.4, 0.5) is 5.69 Å². The molecule has 6 nitrogen and oxygen atoms in total. The van der Waals surface area contributed by atoms with E-state index in [2.05, 4.69) is 22.3 Å². The third-order valence-electron chi connectivity index (χ3n) is 4.08. The number of carbonyl (C=O) groups excluding carboxylic acids is 2. The van der Waals surface area contributed by atoms with E-state index in [1.807, 2.05) is 37.3 Å². The Morgan fingerprint density at radius 2 is 1.74 bits per heavy atom. The summed E-state index contributed by atoms with van der Waals surface area (Å²) in [4.78, 5) is 25.0. The molecule has 6 heteroatoms. The van der Waals surface area contributed by atoms with E-state index in [0.29, 0.717) is 29.1 Å². The summed E-state index contributed by atoms with van der Waals surface area (Å²) in [5.41, 5.74) is 2.86. The van der Waals surface area contributed by atoms with Crippen molar-refractivity contribution in [3.05, 3.63) is 90.3 Å². The summed E-state index contributed by atoms with van der Waals surface area (Å²) < 4.78 is 1.71. The highest BCUT2D eigenvalue weighted by Crippen LogP contribution is 2.19. The number of rotatable bonds is 6. The van der Waals surface area contributed by atoms with Gasteiger partial charge < -0.3 is 10.6 Å².